The lowest BCUT2D eigenvalue weighted by molar-refractivity contribution is 0.534. The maximum atomic E-state index is 2.61. The van der Waals surface area contributed by atoms with Gasteiger partial charge in [-0.3, -0.25) is 0 Å². The highest BCUT2D eigenvalue weighted by Crippen LogP contribution is 2.46. The van der Waals surface area contributed by atoms with Crippen LogP contribution in [0.1, 0.15) is 106 Å². The SMILES string of the molecule is CC(C)=C1C/C=C(\CC2CCC(=C(C)C)CC3=C2CCC3C)C/C=C/C(C)CC1. The van der Waals surface area contributed by atoms with E-state index in [2.05, 4.69) is 59.8 Å². The van der Waals surface area contributed by atoms with E-state index in [-0.39, 0.29) is 0 Å². The van der Waals surface area contributed by atoms with Gasteiger partial charge in [-0.25, -0.2) is 0 Å². The van der Waals surface area contributed by atoms with Crippen molar-refractivity contribution < 1.29 is 0 Å². The number of allylic oxidation sites excluding steroid dienone is 10. The Kier molecular flexibility index (Phi) is 7.83. The van der Waals surface area contributed by atoms with E-state index >= 15 is 0 Å². The average Bonchev–Trinajstić information content (AvgIpc) is 2.92. The standard InChI is InChI=1S/C29H44/c1-20(2)25-13-10-22(5)8-7-9-24(12-14-25)18-27-16-15-26(21(3)4)19-29-23(6)11-17-28(27)29/h7-8,12,22-23,27H,9-11,13-19H2,1-6H3/b8-7+,24-12-. The van der Waals surface area contributed by atoms with Crippen LogP contribution < -0.4 is 0 Å². The molecule has 0 aromatic rings. The molecule has 0 N–H and O–H groups in total. The first-order valence-electron chi connectivity index (χ1n) is 12.2. The molecule has 0 aliphatic heterocycles. The molecule has 0 radical (unpaired) electrons. The third-order valence-corrected chi connectivity index (χ3v) is 7.85. The molecule has 3 aliphatic rings. The van der Waals surface area contributed by atoms with Gasteiger partial charge in [-0.15, -0.1) is 0 Å². The predicted molar refractivity (Wildman–Crippen MR) is 129 cm³/mol. The van der Waals surface area contributed by atoms with Crippen molar-refractivity contribution in [2.24, 2.45) is 17.8 Å². The van der Waals surface area contributed by atoms with Crippen LogP contribution >= 0.6 is 0 Å². The van der Waals surface area contributed by atoms with Gasteiger partial charge in [-0.05, 0) is 110 Å². The van der Waals surface area contributed by atoms with E-state index in [1.807, 2.05) is 11.1 Å². The zero-order valence-electron chi connectivity index (χ0n) is 20.0. The van der Waals surface area contributed by atoms with E-state index in [0.717, 1.165) is 18.3 Å². The predicted octanol–water partition coefficient (Wildman–Crippen LogP) is 9.27. The van der Waals surface area contributed by atoms with Crippen molar-refractivity contribution in [3.63, 3.8) is 0 Å². The Morgan fingerprint density at radius 1 is 0.828 bits per heavy atom. The van der Waals surface area contributed by atoms with Crippen LogP contribution in [0.5, 0.6) is 0 Å². The second-order valence-electron chi connectivity index (χ2n) is 10.5. The Hall–Kier alpha value is -1.30. The zero-order valence-corrected chi connectivity index (χ0v) is 20.0. The minimum Gasteiger partial charge on any atom is -0.0854 e. The molecule has 3 rings (SSSR count). The fraction of sp³-hybridized carbons (Fsp3) is 0.655. The molecule has 3 aliphatic carbocycles. The van der Waals surface area contributed by atoms with E-state index in [4.69, 9.17) is 0 Å². The molecular formula is C29H44. The number of rotatable bonds is 2. The quantitative estimate of drug-likeness (QED) is 0.411. The van der Waals surface area contributed by atoms with Gasteiger partial charge in [0.1, 0.15) is 0 Å². The molecule has 0 fully saturated rings. The highest BCUT2D eigenvalue weighted by molar-refractivity contribution is 5.34. The van der Waals surface area contributed by atoms with Gasteiger partial charge in [0.15, 0.2) is 0 Å². The molecule has 0 spiro atoms. The van der Waals surface area contributed by atoms with Gasteiger partial charge in [0.25, 0.3) is 0 Å². The maximum Gasteiger partial charge on any atom is -0.0101 e. The summed E-state index contributed by atoms with van der Waals surface area (Å²) >= 11 is 0. The van der Waals surface area contributed by atoms with Crippen LogP contribution in [0.3, 0.4) is 0 Å². The molecule has 0 saturated carbocycles. The summed E-state index contributed by atoms with van der Waals surface area (Å²) in [7, 11) is 0. The summed E-state index contributed by atoms with van der Waals surface area (Å²) < 4.78 is 0. The number of hydrogen-bond acceptors (Lipinski definition) is 0. The summed E-state index contributed by atoms with van der Waals surface area (Å²) in [6.07, 6.45) is 20.4. The van der Waals surface area contributed by atoms with E-state index in [1.54, 1.807) is 22.3 Å². The van der Waals surface area contributed by atoms with Gasteiger partial charge in [0, 0.05) is 0 Å². The van der Waals surface area contributed by atoms with Crippen molar-refractivity contribution in [2.45, 2.75) is 106 Å². The maximum absolute atomic E-state index is 2.61. The normalized spacial score (nSPS) is 31.7. The summed E-state index contributed by atoms with van der Waals surface area (Å²) in [6, 6.07) is 0. The van der Waals surface area contributed by atoms with Gasteiger partial charge < -0.3 is 0 Å². The first kappa shape index (κ1) is 22.4. The van der Waals surface area contributed by atoms with Gasteiger partial charge in [-0.2, -0.15) is 0 Å². The lowest BCUT2D eigenvalue weighted by Gasteiger charge is -2.21. The molecule has 0 heteroatoms. The van der Waals surface area contributed by atoms with Crippen molar-refractivity contribution in [1.82, 2.24) is 0 Å². The third kappa shape index (κ3) is 5.87. The van der Waals surface area contributed by atoms with Crippen LogP contribution in [0.25, 0.3) is 0 Å². The molecule has 3 unspecified atom stereocenters. The molecule has 0 heterocycles. The molecule has 0 aromatic heterocycles. The minimum atomic E-state index is 0.701. The van der Waals surface area contributed by atoms with Crippen LogP contribution in [0, 0.1) is 17.8 Å². The molecule has 0 nitrogen and oxygen atoms in total. The zero-order chi connectivity index (χ0) is 21.0. The van der Waals surface area contributed by atoms with Crippen molar-refractivity contribution in [2.75, 3.05) is 0 Å². The Labute approximate surface area is 180 Å². The lowest BCUT2D eigenvalue weighted by atomic mass is 9.84. The van der Waals surface area contributed by atoms with Gasteiger partial charge in [0.05, 0.1) is 0 Å². The summed E-state index contributed by atoms with van der Waals surface area (Å²) in [5.74, 6) is 2.28. The number of hydrogen-bond donors (Lipinski definition) is 0. The Morgan fingerprint density at radius 3 is 2.28 bits per heavy atom. The topological polar surface area (TPSA) is 0 Å². The molecule has 3 atom stereocenters. The largest absolute Gasteiger partial charge is 0.0854 e. The third-order valence-electron chi connectivity index (χ3n) is 7.85. The van der Waals surface area contributed by atoms with Gasteiger partial charge >= 0.3 is 0 Å². The molecule has 29 heavy (non-hydrogen) atoms. The minimum absolute atomic E-state index is 0.701. The first-order valence-corrected chi connectivity index (χ1v) is 12.2. The summed E-state index contributed by atoms with van der Waals surface area (Å²) in [6.45, 7) is 14.1. The fourth-order valence-corrected chi connectivity index (χ4v) is 5.61. The van der Waals surface area contributed by atoms with Crippen LogP contribution in [-0.2, 0) is 0 Å². The van der Waals surface area contributed by atoms with Crippen LogP contribution in [0.2, 0.25) is 0 Å². The molecule has 0 aromatic carbocycles. The van der Waals surface area contributed by atoms with Crippen LogP contribution in [0.15, 0.2) is 57.2 Å². The van der Waals surface area contributed by atoms with E-state index in [9.17, 15) is 0 Å². The fourth-order valence-electron chi connectivity index (χ4n) is 5.61. The van der Waals surface area contributed by atoms with Crippen molar-refractivity contribution >= 4 is 0 Å². The van der Waals surface area contributed by atoms with E-state index < -0.39 is 0 Å². The van der Waals surface area contributed by atoms with Crippen LogP contribution in [0.4, 0.5) is 0 Å². The molecule has 0 amide bonds. The first-order chi connectivity index (χ1) is 13.8. The van der Waals surface area contributed by atoms with Gasteiger partial charge in [0.2, 0.25) is 0 Å². The molecule has 160 valence electrons. The lowest BCUT2D eigenvalue weighted by Crippen LogP contribution is -2.06. The Morgan fingerprint density at radius 2 is 1.55 bits per heavy atom. The van der Waals surface area contributed by atoms with Gasteiger partial charge in [-0.1, -0.05) is 71.1 Å². The Balaban J connectivity index is 1.84. The van der Waals surface area contributed by atoms with E-state index in [0.29, 0.717) is 5.92 Å². The highest BCUT2D eigenvalue weighted by Gasteiger charge is 2.30. The second kappa shape index (κ2) is 10.1. The molecule has 0 saturated heterocycles. The summed E-state index contributed by atoms with van der Waals surface area (Å²) in [4.78, 5) is 0. The van der Waals surface area contributed by atoms with Crippen LogP contribution in [-0.4, -0.2) is 0 Å². The van der Waals surface area contributed by atoms with Crippen molar-refractivity contribution in [3.05, 3.63) is 57.2 Å². The van der Waals surface area contributed by atoms with E-state index in [1.165, 1.54) is 63.4 Å². The Bertz CT molecular complexity index is 741. The monoisotopic (exact) mass is 392 g/mol. The second-order valence-corrected chi connectivity index (χ2v) is 10.5. The van der Waals surface area contributed by atoms with Crippen molar-refractivity contribution in [1.29, 1.82) is 0 Å². The smallest absolute Gasteiger partial charge is 0.0101 e. The van der Waals surface area contributed by atoms with Crippen molar-refractivity contribution in [3.8, 4) is 0 Å². The average molecular weight is 393 g/mol. The molecule has 0 bridgehead atoms. The summed E-state index contributed by atoms with van der Waals surface area (Å²) in [5, 5.41) is 0. The highest BCUT2D eigenvalue weighted by atomic mass is 14.4. The molecular weight excluding hydrogens is 348 g/mol. The summed E-state index contributed by atoms with van der Waals surface area (Å²) in [5.41, 5.74) is 11.9.